The smallest absolute Gasteiger partial charge is 0.242 e. The minimum Gasteiger partial charge on any atom is -0.491 e. The highest BCUT2D eigenvalue weighted by Crippen LogP contribution is 2.16. The highest BCUT2D eigenvalue weighted by molar-refractivity contribution is 5.75. The summed E-state index contributed by atoms with van der Waals surface area (Å²) in [4.78, 5) is 12.1. The first-order valence-electron chi connectivity index (χ1n) is 8.71. The summed E-state index contributed by atoms with van der Waals surface area (Å²) in [6.07, 6.45) is 2.40. The normalized spacial score (nSPS) is 16.8. The summed E-state index contributed by atoms with van der Waals surface area (Å²) in [6, 6.07) is 9.75. The number of benzene rings is 1. The summed E-state index contributed by atoms with van der Waals surface area (Å²) in [6.45, 7) is 6.03. The molecule has 1 aromatic carbocycles. The molecule has 6 nitrogen and oxygen atoms in total. The fourth-order valence-corrected chi connectivity index (χ4v) is 2.90. The minimum atomic E-state index is -0.0510. The van der Waals surface area contributed by atoms with E-state index in [2.05, 4.69) is 10.4 Å². The van der Waals surface area contributed by atoms with E-state index in [0.717, 1.165) is 42.1 Å². The van der Waals surface area contributed by atoms with Crippen LogP contribution in [0.2, 0.25) is 0 Å². The molecule has 25 heavy (non-hydrogen) atoms. The number of aromatic nitrogens is 2. The summed E-state index contributed by atoms with van der Waals surface area (Å²) in [7, 11) is 0. The van der Waals surface area contributed by atoms with Gasteiger partial charge >= 0.3 is 0 Å². The Labute approximate surface area is 148 Å². The molecule has 1 atom stereocenters. The van der Waals surface area contributed by atoms with Gasteiger partial charge in [-0.3, -0.25) is 9.48 Å². The third-order valence-corrected chi connectivity index (χ3v) is 4.27. The van der Waals surface area contributed by atoms with Crippen molar-refractivity contribution < 1.29 is 14.3 Å². The maximum atomic E-state index is 12.1. The lowest BCUT2D eigenvalue weighted by Gasteiger charge is -2.12. The Bertz CT molecular complexity index is 703. The Morgan fingerprint density at radius 2 is 2.16 bits per heavy atom. The Balaban J connectivity index is 1.43. The van der Waals surface area contributed by atoms with E-state index in [9.17, 15) is 4.79 Å². The summed E-state index contributed by atoms with van der Waals surface area (Å²) in [5, 5.41) is 7.22. The van der Waals surface area contributed by atoms with Gasteiger partial charge in [0, 0.05) is 18.8 Å². The Hall–Kier alpha value is -2.34. The van der Waals surface area contributed by atoms with Gasteiger partial charge in [0.15, 0.2) is 0 Å². The molecule has 1 saturated heterocycles. The molecule has 0 spiro atoms. The van der Waals surface area contributed by atoms with Gasteiger partial charge in [-0.1, -0.05) is 12.1 Å². The van der Waals surface area contributed by atoms with Crippen molar-refractivity contribution in [3.63, 3.8) is 0 Å². The van der Waals surface area contributed by atoms with E-state index in [1.807, 2.05) is 44.2 Å². The number of rotatable bonds is 7. The van der Waals surface area contributed by atoms with Crippen molar-refractivity contribution in [3.8, 4) is 5.75 Å². The molecule has 1 unspecified atom stereocenters. The summed E-state index contributed by atoms with van der Waals surface area (Å²) in [5.74, 6) is 0.776. The number of nitrogens with zero attached hydrogens (tertiary/aromatic N) is 2. The lowest BCUT2D eigenvalue weighted by Crippen LogP contribution is -2.27. The molecule has 1 N–H and O–H groups in total. The molecule has 0 bridgehead atoms. The van der Waals surface area contributed by atoms with Gasteiger partial charge in [0.2, 0.25) is 5.91 Å². The zero-order valence-electron chi connectivity index (χ0n) is 14.8. The molecule has 2 aromatic rings. The highest BCUT2D eigenvalue weighted by atomic mass is 16.5. The number of hydrogen-bond acceptors (Lipinski definition) is 4. The molecule has 3 rings (SSSR count). The van der Waals surface area contributed by atoms with Crippen LogP contribution < -0.4 is 10.1 Å². The minimum absolute atomic E-state index is 0.0510. The predicted molar refractivity (Wildman–Crippen MR) is 94.5 cm³/mol. The van der Waals surface area contributed by atoms with E-state index in [0.29, 0.717) is 13.2 Å². The maximum Gasteiger partial charge on any atom is 0.242 e. The van der Waals surface area contributed by atoms with E-state index < -0.39 is 0 Å². The van der Waals surface area contributed by atoms with Gasteiger partial charge in [0.1, 0.15) is 18.9 Å². The molecule has 6 heteroatoms. The molecule has 1 aromatic heterocycles. The van der Waals surface area contributed by atoms with Crippen LogP contribution in [0.1, 0.15) is 29.8 Å². The molecule has 134 valence electrons. The van der Waals surface area contributed by atoms with E-state index in [4.69, 9.17) is 9.47 Å². The second-order valence-electron chi connectivity index (χ2n) is 6.45. The van der Waals surface area contributed by atoms with Gasteiger partial charge in [0.25, 0.3) is 0 Å². The van der Waals surface area contributed by atoms with Gasteiger partial charge in [-0.05, 0) is 50.5 Å². The molecule has 1 fully saturated rings. The topological polar surface area (TPSA) is 65.4 Å². The summed E-state index contributed by atoms with van der Waals surface area (Å²) < 4.78 is 13.0. The number of ether oxygens (including phenoxy) is 2. The zero-order chi connectivity index (χ0) is 17.6. The van der Waals surface area contributed by atoms with Crippen molar-refractivity contribution in [2.75, 3.05) is 13.2 Å². The van der Waals surface area contributed by atoms with Crippen LogP contribution in [0.5, 0.6) is 5.75 Å². The molecule has 0 aliphatic carbocycles. The fourth-order valence-electron chi connectivity index (χ4n) is 2.90. The van der Waals surface area contributed by atoms with Crippen LogP contribution in [-0.4, -0.2) is 35.0 Å². The lowest BCUT2D eigenvalue weighted by atomic mass is 10.2. The van der Waals surface area contributed by atoms with Crippen molar-refractivity contribution in [1.82, 2.24) is 15.1 Å². The molecular formula is C19H25N3O3. The molecular weight excluding hydrogens is 318 g/mol. The molecule has 1 aliphatic rings. The zero-order valence-corrected chi connectivity index (χ0v) is 14.8. The van der Waals surface area contributed by atoms with Crippen LogP contribution in [0.15, 0.2) is 30.3 Å². The summed E-state index contributed by atoms with van der Waals surface area (Å²) in [5.41, 5.74) is 2.94. The Kier molecular flexibility index (Phi) is 5.71. The van der Waals surface area contributed by atoms with Crippen molar-refractivity contribution in [2.24, 2.45) is 0 Å². The third kappa shape index (κ3) is 5.06. The van der Waals surface area contributed by atoms with Crippen molar-refractivity contribution in [2.45, 2.75) is 45.9 Å². The summed E-state index contributed by atoms with van der Waals surface area (Å²) >= 11 is 0. The van der Waals surface area contributed by atoms with Crippen LogP contribution in [0.3, 0.4) is 0 Å². The maximum absolute atomic E-state index is 12.1. The van der Waals surface area contributed by atoms with Crippen LogP contribution >= 0.6 is 0 Å². The highest BCUT2D eigenvalue weighted by Gasteiger charge is 2.15. The molecule has 1 aliphatic heterocycles. The first-order chi connectivity index (χ1) is 12.1. The average Bonchev–Trinajstić information content (AvgIpc) is 3.22. The quantitative estimate of drug-likeness (QED) is 0.838. The first kappa shape index (κ1) is 17.5. The Morgan fingerprint density at radius 1 is 1.36 bits per heavy atom. The van der Waals surface area contributed by atoms with Gasteiger partial charge in [0.05, 0.1) is 11.8 Å². The van der Waals surface area contributed by atoms with E-state index in [1.165, 1.54) is 0 Å². The van der Waals surface area contributed by atoms with Gasteiger partial charge in [-0.15, -0.1) is 0 Å². The van der Waals surface area contributed by atoms with Crippen LogP contribution in [0.25, 0.3) is 0 Å². The largest absolute Gasteiger partial charge is 0.491 e. The van der Waals surface area contributed by atoms with E-state index in [-0.39, 0.29) is 18.6 Å². The monoisotopic (exact) mass is 343 g/mol. The number of aryl methyl sites for hydroxylation is 2. The third-order valence-electron chi connectivity index (χ3n) is 4.27. The van der Waals surface area contributed by atoms with E-state index >= 15 is 0 Å². The number of carbonyl (C=O) groups is 1. The number of hydrogen-bond donors (Lipinski definition) is 1. The second kappa shape index (κ2) is 8.16. The van der Waals surface area contributed by atoms with Gasteiger partial charge in [-0.2, -0.15) is 5.10 Å². The van der Waals surface area contributed by atoms with Gasteiger partial charge in [-0.25, -0.2) is 0 Å². The molecule has 0 radical (unpaired) electrons. The predicted octanol–water partition coefficient (Wildman–Crippen LogP) is 2.37. The molecule has 1 amide bonds. The van der Waals surface area contributed by atoms with Crippen LogP contribution in [0.4, 0.5) is 0 Å². The number of amides is 1. The van der Waals surface area contributed by atoms with Crippen molar-refractivity contribution in [1.29, 1.82) is 0 Å². The van der Waals surface area contributed by atoms with Crippen molar-refractivity contribution >= 4 is 5.91 Å². The van der Waals surface area contributed by atoms with Crippen LogP contribution in [-0.2, 0) is 22.6 Å². The van der Waals surface area contributed by atoms with E-state index in [1.54, 1.807) is 4.68 Å². The average molecular weight is 343 g/mol. The molecule has 2 heterocycles. The van der Waals surface area contributed by atoms with Crippen molar-refractivity contribution in [3.05, 3.63) is 47.3 Å². The fraction of sp³-hybridized carbons (Fsp3) is 0.474. The first-order valence-corrected chi connectivity index (χ1v) is 8.71. The Morgan fingerprint density at radius 3 is 2.80 bits per heavy atom. The lowest BCUT2D eigenvalue weighted by molar-refractivity contribution is -0.122. The SMILES string of the molecule is Cc1cc(C)n(CC(=O)NCc2ccc(OCC3CCCO3)cc2)n1. The van der Waals surface area contributed by atoms with Gasteiger partial charge < -0.3 is 14.8 Å². The second-order valence-corrected chi connectivity index (χ2v) is 6.45. The number of nitrogens with one attached hydrogen (secondary N) is 1. The molecule has 0 saturated carbocycles. The number of carbonyl (C=O) groups excluding carboxylic acids is 1. The van der Waals surface area contributed by atoms with Crippen LogP contribution in [0, 0.1) is 13.8 Å². The standard InChI is InChI=1S/C19H25N3O3/c1-14-10-15(2)22(21-14)12-19(23)20-11-16-5-7-17(8-6-16)25-13-18-4-3-9-24-18/h5-8,10,18H,3-4,9,11-13H2,1-2H3,(H,20,23).